The number of halogens is 2. The first kappa shape index (κ1) is 42.4. The van der Waals surface area contributed by atoms with Crippen LogP contribution in [0.25, 0.3) is 11.1 Å². The van der Waals surface area contributed by atoms with Gasteiger partial charge in [-0.15, -0.1) is 11.8 Å². The molecule has 3 fully saturated rings. The second-order valence-electron chi connectivity index (χ2n) is 17.2. The molecule has 0 spiro atoms. The number of rotatable bonds is 14. The molecule has 2 aliphatic carbocycles. The van der Waals surface area contributed by atoms with Crippen LogP contribution in [0.1, 0.15) is 92.6 Å². The molecule has 4 amide bonds. The van der Waals surface area contributed by atoms with Crippen molar-refractivity contribution in [2.45, 2.75) is 127 Å². The largest absolute Gasteiger partial charge is 0.465 e. The molecule has 2 aromatic carbocycles. The molecule has 5 rings (SSSR count). The van der Waals surface area contributed by atoms with Crippen LogP contribution >= 0.6 is 11.8 Å². The number of thioether (sulfide) groups is 1. The number of nitrogens with zero attached hydrogens (tertiary/aromatic N) is 2. The molecule has 15 heteroatoms. The summed E-state index contributed by atoms with van der Waals surface area (Å²) < 4.78 is 55.1. The predicted molar refractivity (Wildman–Crippen MR) is 209 cm³/mol. The van der Waals surface area contributed by atoms with E-state index in [1.807, 2.05) is 66.2 Å². The number of unbranched alkanes of at least 4 members (excludes halogenated alkanes) is 1. The monoisotopic (exact) mass is 804 g/mol. The maximum Gasteiger partial charge on any atom is 0.408 e. The van der Waals surface area contributed by atoms with E-state index in [0.29, 0.717) is 18.6 Å². The number of sulfonamides is 1. The zero-order chi connectivity index (χ0) is 40.7. The Balaban J connectivity index is 1.60. The average molecular weight is 805 g/mol. The van der Waals surface area contributed by atoms with Crippen LogP contribution in [0.5, 0.6) is 0 Å². The molecule has 11 nitrogen and oxygen atoms in total. The Hall–Kier alpha value is -3.72. The summed E-state index contributed by atoms with van der Waals surface area (Å²) in [4.78, 5) is 58.6. The minimum Gasteiger partial charge on any atom is -0.465 e. The molecule has 3 aliphatic rings. The molecule has 0 aromatic heterocycles. The molecule has 2 aromatic rings. The number of alkyl halides is 2. The number of carbonyl (C=O) groups excluding carboxylic acids is 3. The van der Waals surface area contributed by atoms with E-state index < -0.39 is 91.2 Å². The van der Waals surface area contributed by atoms with Crippen molar-refractivity contribution >= 4 is 45.6 Å². The van der Waals surface area contributed by atoms with Gasteiger partial charge in [-0.2, -0.15) is 0 Å². The fourth-order valence-electron chi connectivity index (χ4n) is 7.59. The summed E-state index contributed by atoms with van der Waals surface area (Å²) in [5.41, 5.74) is -1.44. The quantitative estimate of drug-likeness (QED) is 0.180. The number of hydrogen-bond acceptors (Lipinski definition) is 7. The van der Waals surface area contributed by atoms with E-state index in [4.69, 9.17) is 0 Å². The van der Waals surface area contributed by atoms with Crippen molar-refractivity contribution < 1.29 is 41.5 Å². The summed E-state index contributed by atoms with van der Waals surface area (Å²) in [6.45, 7) is 12.3. The third-order valence-corrected chi connectivity index (χ3v) is 14.2. The highest BCUT2D eigenvalue weighted by Crippen LogP contribution is 2.51. The van der Waals surface area contributed by atoms with E-state index in [-0.39, 0.29) is 13.0 Å². The molecule has 2 saturated carbocycles. The summed E-state index contributed by atoms with van der Waals surface area (Å²) in [5.74, 6) is -3.74. The zero-order valence-electron chi connectivity index (χ0n) is 32.6. The van der Waals surface area contributed by atoms with Gasteiger partial charge in [-0.3, -0.25) is 24.0 Å². The van der Waals surface area contributed by atoms with Gasteiger partial charge in [-0.1, -0.05) is 88.7 Å². The first-order valence-corrected chi connectivity index (χ1v) is 21.4. The van der Waals surface area contributed by atoms with E-state index in [1.54, 1.807) is 53.3 Å². The van der Waals surface area contributed by atoms with Crippen LogP contribution in [0.3, 0.4) is 0 Å². The third kappa shape index (κ3) is 8.97. The average Bonchev–Trinajstić information content (AvgIpc) is 4.03. The van der Waals surface area contributed by atoms with Crippen molar-refractivity contribution in [1.29, 1.82) is 0 Å². The van der Waals surface area contributed by atoms with E-state index in [0.717, 1.165) is 34.4 Å². The molecule has 1 saturated heterocycles. The lowest BCUT2D eigenvalue weighted by Crippen LogP contribution is -2.64. The molecular weight excluding hydrogens is 751 g/mol. The molecule has 0 bridgehead atoms. The maximum absolute atomic E-state index is 15.1. The number of nitrogens with one attached hydrogen (secondary N) is 2. The van der Waals surface area contributed by atoms with Crippen molar-refractivity contribution in [3.8, 4) is 11.1 Å². The Morgan fingerprint density at radius 1 is 0.964 bits per heavy atom. The number of benzene rings is 2. The molecule has 3 N–H and O–H groups in total. The van der Waals surface area contributed by atoms with Crippen LogP contribution < -0.4 is 10.0 Å². The van der Waals surface area contributed by atoms with Crippen molar-refractivity contribution in [2.24, 2.45) is 11.3 Å². The molecule has 302 valence electrons. The maximum atomic E-state index is 15.1. The Kier molecular flexibility index (Phi) is 12.1. The Bertz CT molecular complexity index is 1860. The normalized spacial score (nSPS) is 24.7. The van der Waals surface area contributed by atoms with Gasteiger partial charge in [-0.25, -0.2) is 22.0 Å². The van der Waals surface area contributed by atoms with Gasteiger partial charge >= 0.3 is 6.09 Å². The van der Waals surface area contributed by atoms with Crippen molar-refractivity contribution in [3.05, 3.63) is 60.2 Å². The molecule has 1 heterocycles. The number of likely N-dealkylation sites (tertiary alicyclic amines) is 1. The lowest BCUT2D eigenvalue weighted by atomic mass is 9.82. The molecule has 0 radical (unpaired) electrons. The van der Waals surface area contributed by atoms with E-state index in [2.05, 4.69) is 5.32 Å². The number of carbonyl (C=O) groups is 4. The second-order valence-corrected chi connectivity index (χ2v) is 20.6. The Morgan fingerprint density at radius 2 is 1.56 bits per heavy atom. The van der Waals surface area contributed by atoms with Gasteiger partial charge in [0.1, 0.15) is 17.6 Å². The molecular formula is C40H54F2N4O7S2. The number of hydrogen-bond donors (Lipinski definition) is 3. The summed E-state index contributed by atoms with van der Waals surface area (Å²) in [7, 11) is -4.13. The summed E-state index contributed by atoms with van der Waals surface area (Å²) in [5, 5.41) is 12.2. The highest BCUT2D eigenvalue weighted by Gasteiger charge is 2.67. The van der Waals surface area contributed by atoms with Crippen LogP contribution in [0.2, 0.25) is 0 Å². The first-order chi connectivity index (χ1) is 25.6. The van der Waals surface area contributed by atoms with Gasteiger partial charge in [0.2, 0.25) is 28.3 Å². The highest BCUT2D eigenvalue weighted by molar-refractivity contribution is 8.00. The van der Waals surface area contributed by atoms with Crippen LogP contribution in [0, 0.1) is 11.3 Å². The Morgan fingerprint density at radius 3 is 2.05 bits per heavy atom. The topological polar surface area (TPSA) is 153 Å². The van der Waals surface area contributed by atoms with E-state index >= 15 is 4.79 Å². The Labute approximate surface area is 327 Å². The van der Waals surface area contributed by atoms with Gasteiger partial charge in [0.25, 0.3) is 5.91 Å². The van der Waals surface area contributed by atoms with E-state index in [9.17, 15) is 36.7 Å². The minimum atomic E-state index is -4.13. The smallest absolute Gasteiger partial charge is 0.408 e. The molecule has 1 aliphatic heterocycles. The van der Waals surface area contributed by atoms with Crippen LogP contribution in [0.15, 0.2) is 54.6 Å². The summed E-state index contributed by atoms with van der Waals surface area (Å²) >= 11 is 1.57. The lowest BCUT2D eigenvalue weighted by molar-refractivity contribution is -0.148. The fourth-order valence-corrected chi connectivity index (χ4v) is 10.6. The standard InChI is InChI=1S/C40H54F2N4O7S2/c1-8-9-21-54-39(27-17-15-26(16-18-27)25-13-11-10-12-14-25)23-30(45(24-39)34(48)31(37(2,3)4)46(36(50)51)38(5,6)7)33(47)43-40(22-29(40)32(41)42)35(49)44-55(52,53)28-19-20-28/h10-18,28-32H,8-9,19-24H2,1-7H3,(H,43,47)(H,44,49)(H,50,51)/t29-,30-,31+,39-,40+/m0/s1. The van der Waals surface area contributed by atoms with Gasteiger partial charge in [0, 0.05) is 12.1 Å². The van der Waals surface area contributed by atoms with Crippen LogP contribution in [0.4, 0.5) is 13.6 Å². The number of carboxylic acid groups (broad SMARTS) is 1. The second kappa shape index (κ2) is 15.7. The molecule has 5 atom stereocenters. The van der Waals surface area contributed by atoms with Gasteiger partial charge in [0.15, 0.2) is 0 Å². The third-order valence-electron chi connectivity index (χ3n) is 10.8. The summed E-state index contributed by atoms with van der Waals surface area (Å²) in [6, 6.07) is 15.0. The highest BCUT2D eigenvalue weighted by atomic mass is 32.2. The first-order valence-electron chi connectivity index (χ1n) is 18.9. The van der Waals surface area contributed by atoms with Crippen molar-refractivity contribution in [3.63, 3.8) is 0 Å². The van der Waals surface area contributed by atoms with Gasteiger partial charge in [-0.05, 0) is 80.7 Å². The SMILES string of the molecule is CCCCS[C@@]1(c2ccc(-c3ccccc3)cc2)C[C@@H](C(=O)N[C@]2(C(=O)NS(=O)(=O)C3CC3)C[C@H]2C(F)F)N(C(=O)[C@@H](N(C(=O)O)C(C)(C)C)C(C)(C)C)C1. The van der Waals surface area contributed by atoms with E-state index in [1.165, 1.54) is 4.90 Å². The van der Waals surface area contributed by atoms with Gasteiger partial charge in [0.05, 0.1) is 15.9 Å². The van der Waals surface area contributed by atoms with Crippen molar-refractivity contribution in [1.82, 2.24) is 19.8 Å². The predicted octanol–water partition coefficient (Wildman–Crippen LogP) is 6.62. The number of amides is 4. The molecule has 0 unspecified atom stereocenters. The van der Waals surface area contributed by atoms with Crippen molar-refractivity contribution in [2.75, 3.05) is 12.3 Å². The van der Waals surface area contributed by atoms with Crippen LogP contribution in [-0.4, -0.2) is 94.3 Å². The lowest BCUT2D eigenvalue weighted by Gasteiger charge is -2.46. The summed E-state index contributed by atoms with van der Waals surface area (Å²) in [6.07, 6.45) is -2.45. The van der Waals surface area contributed by atoms with Crippen LogP contribution in [-0.2, 0) is 29.2 Å². The fraction of sp³-hybridized carbons (Fsp3) is 0.600. The zero-order valence-corrected chi connectivity index (χ0v) is 34.2. The molecule has 55 heavy (non-hydrogen) atoms. The minimum absolute atomic E-state index is 0.0132. The van der Waals surface area contributed by atoms with Gasteiger partial charge < -0.3 is 15.3 Å².